The number of nitrogens with zero attached hydrogens (tertiary/aromatic N) is 3. The first-order chi connectivity index (χ1) is 8.16. The zero-order chi connectivity index (χ0) is 12.3. The fraction of sp³-hybridized carbons (Fsp3) is 0.500. The molecule has 0 fully saturated rings. The lowest BCUT2D eigenvalue weighted by Gasteiger charge is -2.04. The molecule has 0 aliphatic heterocycles. The first-order valence-electron chi connectivity index (χ1n) is 5.32. The van der Waals surface area contributed by atoms with Crippen LogP contribution in [0.3, 0.4) is 0 Å². The fourth-order valence-electron chi connectivity index (χ4n) is 1.32. The van der Waals surface area contributed by atoms with Crippen LogP contribution in [0.4, 0.5) is 0 Å². The quantitative estimate of drug-likeness (QED) is 0.824. The number of rotatable bonds is 5. The molecule has 92 valence electrons. The van der Waals surface area contributed by atoms with Gasteiger partial charge in [0.2, 0.25) is 4.96 Å². The van der Waals surface area contributed by atoms with Gasteiger partial charge in [-0.2, -0.15) is 21.4 Å². The van der Waals surface area contributed by atoms with Crippen molar-refractivity contribution in [1.82, 2.24) is 14.6 Å². The first kappa shape index (κ1) is 12.5. The third-order valence-electron chi connectivity index (χ3n) is 2.21. The summed E-state index contributed by atoms with van der Waals surface area (Å²) in [5, 5.41) is 3.92. The summed E-state index contributed by atoms with van der Waals surface area (Å²) in [5.41, 5.74) is 7.99. The third kappa shape index (κ3) is 3.27. The molecule has 17 heavy (non-hydrogen) atoms. The van der Waals surface area contributed by atoms with E-state index in [-0.39, 0.29) is 11.6 Å². The second kappa shape index (κ2) is 5.61. The molecule has 2 heterocycles. The van der Waals surface area contributed by atoms with Crippen molar-refractivity contribution in [3.63, 3.8) is 0 Å². The standard InChI is InChI=1S/C10H14N4OS2/c1-7(11)2-3-16-5-8-4-9(15)14-10(13-8)17-6-12-14/h4,6-7H,2-3,5,11H2,1H3. The van der Waals surface area contributed by atoms with Gasteiger partial charge in [-0.05, 0) is 19.1 Å². The maximum atomic E-state index is 11.6. The van der Waals surface area contributed by atoms with Gasteiger partial charge in [-0.15, -0.1) is 0 Å². The Kier molecular flexibility index (Phi) is 4.14. The number of hydrogen-bond acceptors (Lipinski definition) is 6. The Morgan fingerprint density at radius 2 is 2.47 bits per heavy atom. The molecule has 0 bridgehead atoms. The molecule has 0 aliphatic rings. The smallest absolute Gasteiger partial charge is 0.275 e. The molecule has 2 rings (SSSR count). The van der Waals surface area contributed by atoms with E-state index in [4.69, 9.17) is 5.73 Å². The first-order valence-corrected chi connectivity index (χ1v) is 7.36. The van der Waals surface area contributed by atoms with Crippen molar-refractivity contribution in [3.05, 3.63) is 27.6 Å². The van der Waals surface area contributed by atoms with Crippen molar-refractivity contribution < 1.29 is 0 Å². The van der Waals surface area contributed by atoms with Crippen LogP contribution in [-0.2, 0) is 5.75 Å². The van der Waals surface area contributed by atoms with Gasteiger partial charge < -0.3 is 5.73 Å². The minimum absolute atomic E-state index is 0.112. The van der Waals surface area contributed by atoms with E-state index in [1.165, 1.54) is 15.9 Å². The highest BCUT2D eigenvalue weighted by molar-refractivity contribution is 7.98. The predicted octanol–water partition coefficient (Wildman–Crippen LogP) is 1.12. The molecule has 0 aromatic carbocycles. The summed E-state index contributed by atoms with van der Waals surface area (Å²) in [6.07, 6.45) is 0.979. The van der Waals surface area contributed by atoms with Gasteiger partial charge in [0.05, 0.1) is 5.69 Å². The summed E-state index contributed by atoms with van der Waals surface area (Å²) in [4.78, 5) is 16.7. The van der Waals surface area contributed by atoms with Gasteiger partial charge in [0.1, 0.15) is 5.51 Å². The highest BCUT2D eigenvalue weighted by Gasteiger charge is 2.04. The molecule has 2 aromatic heterocycles. The highest BCUT2D eigenvalue weighted by atomic mass is 32.2. The van der Waals surface area contributed by atoms with E-state index < -0.39 is 0 Å². The molecular weight excluding hydrogens is 256 g/mol. The normalized spacial score (nSPS) is 13.1. The van der Waals surface area contributed by atoms with E-state index in [2.05, 4.69) is 10.1 Å². The average molecular weight is 270 g/mol. The molecule has 7 heteroatoms. The van der Waals surface area contributed by atoms with Crippen molar-refractivity contribution in [1.29, 1.82) is 0 Å². The van der Waals surface area contributed by atoms with Crippen molar-refractivity contribution in [2.75, 3.05) is 5.75 Å². The van der Waals surface area contributed by atoms with Gasteiger partial charge in [-0.1, -0.05) is 11.3 Å². The van der Waals surface area contributed by atoms with Crippen LogP contribution < -0.4 is 11.3 Å². The molecule has 0 saturated carbocycles. The molecule has 5 nitrogen and oxygen atoms in total. The van der Waals surface area contributed by atoms with E-state index in [1.54, 1.807) is 23.3 Å². The lowest BCUT2D eigenvalue weighted by atomic mass is 10.3. The minimum Gasteiger partial charge on any atom is -0.328 e. The summed E-state index contributed by atoms with van der Waals surface area (Å²) in [5.74, 6) is 1.73. The van der Waals surface area contributed by atoms with Crippen LogP contribution in [0.1, 0.15) is 19.0 Å². The maximum absolute atomic E-state index is 11.6. The van der Waals surface area contributed by atoms with Crippen LogP contribution in [0, 0.1) is 0 Å². The predicted molar refractivity (Wildman–Crippen MR) is 71.6 cm³/mol. The Morgan fingerprint density at radius 1 is 1.65 bits per heavy atom. The fourth-order valence-corrected chi connectivity index (χ4v) is 3.00. The molecule has 0 radical (unpaired) electrons. The van der Waals surface area contributed by atoms with Crippen LogP contribution in [0.25, 0.3) is 4.96 Å². The lowest BCUT2D eigenvalue weighted by molar-refractivity contribution is 0.721. The van der Waals surface area contributed by atoms with Crippen LogP contribution in [-0.4, -0.2) is 26.4 Å². The minimum atomic E-state index is -0.112. The summed E-state index contributed by atoms with van der Waals surface area (Å²) in [6, 6.07) is 1.77. The Morgan fingerprint density at radius 3 is 3.24 bits per heavy atom. The highest BCUT2D eigenvalue weighted by Crippen LogP contribution is 2.12. The molecule has 0 aliphatic carbocycles. The number of aromatic nitrogens is 3. The Hall–Kier alpha value is -0.920. The summed E-state index contributed by atoms with van der Waals surface area (Å²) in [7, 11) is 0. The SMILES string of the molecule is CC(N)CCSCc1cc(=O)n2ncsc2n1. The van der Waals surface area contributed by atoms with E-state index in [1.807, 2.05) is 6.92 Å². The van der Waals surface area contributed by atoms with E-state index in [9.17, 15) is 4.79 Å². The molecule has 1 unspecified atom stereocenters. The molecule has 0 spiro atoms. The van der Waals surface area contributed by atoms with Crippen LogP contribution in [0.2, 0.25) is 0 Å². The zero-order valence-electron chi connectivity index (χ0n) is 9.50. The van der Waals surface area contributed by atoms with Gasteiger partial charge in [-0.3, -0.25) is 4.79 Å². The number of thioether (sulfide) groups is 1. The Bertz CT molecular complexity index is 548. The number of nitrogens with two attached hydrogens (primary N) is 1. The number of fused-ring (bicyclic) bond motifs is 1. The maximum Gasteiger partial charge on any atom is 0.275 e. The van der Waals surface area contributed by atoms with E-state index in [0.717, 1.165) is 23.6 Å². The van der Waals surface area contributed by atoms with Gasteiger partial charge in [0, 0.05) is 17.9 Å². The lowest BCUT2D eigenvalue weighted by Crippen LogP contribution is -2.16. The molecular formula is C10H14N4OS2. The van der Waals surface area contributed by atoms with Crippen molar-refractivity contribution in [2.45, 2.75) is 25.1 Å². The molecule has 0 saturated heterocycles. The van der Waals surface area contributed by atoms with E-state index in [0.29, 0.717) is 4.96 Å². The summed E-state index contributed by atoms with van der Waals surface area (Å²) < 4.78 is 1.32. The van der Waals surface area contributed by atoms with Crippen molar-refractivity contribution >= 4 is 28.1 Å². The second-order valence-electron chi connectivity index (χ2n) is 3.84. The van der Waals surface area contributed by atoms with E-state index >= 15 is 0 Å². The second-order valence-corrected chi connectivity index (χ2v) is 5.75. The van der Waals surface area contributed by atoms with Gasteiger partial charge in [0.15, 0.2) is 0 Å². The van der Waals surface area contributed by atoms with Crippen molar-refractivity contribution in [3.8, 4) is 0 Å². The Balaban J connectivity index is 2.01. The monoisotopic (exact) mass is 270 g/mol. The summed E-state index contributed by atoms with van der Waals surface area (Å²) in [6.45, 7) is 1.99. The Labute approximate surface area is 107 Å². The van der Waals surface area contributed by atoms with Crippen LogP contribution >= 0.6 is 23.1 Å². The van der Waals surface area contributed by atoms with Crippen molar-refractivity contribution in [2.24, 2.45) is 5.73 Å². The summed E-state index contributed by atoms with van der Waals surface area (Å²) >= 11 is 3.12. The third-order valence-corrected chi connectivity index (χ3v) is 3.91. The average Bonchev–Trinajstić information content (AvgIpc) is 2.72. The molecule has 1 atom stereocenters. The van der Waals surface area contributed by atoms with Crippen LogP contribution in [0.5, 0.6) is 0 Å². The zero-order valence-corrected chi connectivity index (χ0v) is 11.1. The van der Waals surface area contributed by atoms with Crippen LogP contribution in [0.15, 0.2) is 16.4 Å². The molecule has 2 N–H and O–H groups in total. The van der Waals surface area contributed by atoms with Gasteiger partial charge in [-0.25, -0.2) is 4.98 Å². The molecule has 2 aromatic rings. The van der Waals surface area contributed by atoms with Gasteiger partial charge >= 0.3 is 0 Å². The van der Waals surface area contributed by atoms with Gasteiger partial charge in [0.25, 0.3) is 5.56 Å². The largest absolute Gasteiger partial charge is 0.328 e. The topological polar surface area (TPSA) is 73.3 Å². The molecule has 0 amide bonds. The number of hydrogen-bond donors (Lipinski definition) is 1.